The number of carbonyl (C=O) groups is 1. The number of aryl methyl sites for hydroxylation is 1. The number of aromatic nitrogens is 5. The molecule has 1 aliphatic rings. The molecule has 1 aliphatic heterocycles. The van der Waals surface area contributed by atoms with E-state index in [1.165, 1.54) is 0 Å². The van der Waals surface area contributed by atoms with Gasteiger partial charge in [-0.05, 0) is 39.2 Å². The minimum atomic E-state index is 0.0324. The smallest absolute Gasteiger partial charge is 0.274 e. The molecule has 1 amide bonds. The average Bonchev–Trinajstić information content (AvgIpc) is 3.27. The van der Waals surface area contributed by atoms with Crippen LogP contribution in [0, 0.1) is 5.92 Å². The van der Waals surface area contributed by atoms with Gasteiger partial charge in [-0.25, -0.2) is 0 Å². The highest BCUT2D eigenvalue weighted by Crippen LogP contribution is 2.22. The quantitative estimate of drug-likeness (QED) is 0.843. The highest BCUT2D eigenvalue weighted by Gasteiger charge is 2.29. The molecule has 1 atom stereocenters. The molecule has 0 aromatic carbocycles. The zero-order valence-corrected chi connectivity index (χ0v) is 14.0. The Morgan fingerprint density at radius 1 is 1.43 bits per heavy atom. The third-order valence-electron chi connectivity index (χ3n) is 4.43. The summed E-state index contributed by atoms with van der Waals surface area (Å²) in [7, 11) is 0. The number of hydrogen-bond donors (Lipinski definition) is 0. The molecule has 1 fully saturated rings. The molecule has 0 saturated carbocycles. The summed E-state index contributed by atoms with van der Waals surface area (Å²) in [6, 6.07) is 2.16. The van der Waals surface area contributed by atoms with Crippen LogP contribution >= 0.6 is 0 Å². The van der Waals surface area contributed by atoms with Crippen molar-refractivity contribution in [1.29, 1.82) is 0 Å². The van der Waals surface area contributed by atoms with Crippen LogP contribution in [0.4, 0.5) is 0 Å². The predicted molar refractivity (Wildman–Crippen MR) is 86.0 cm³/mol. The number of likely N-dealkylation sites (tertiary alicyclic amines) is 1. The Labute approximate surface area is 136 Å². The summed E-state index contributed by atoms with van der Waals surface area (Å²) in [5, 5.41) is 12.6. The molecule has 3 rings (SSSR count). The van der Waals surface area contributed by atoms with Gasteiger partial charge >= 0.3 is 0 Å². The van der Waals surface area contributed by atoms with Crippen molar-refractivity contribution in [1.82, 2.24) is 29.4 Å². The van der Waals surface area contributed by atoms with Crippen molar-refractivity contribution in [3.63, 3.8) is 0 Å². The minimum absolute atomic E-state index is 0.0324. The van der Waals surface area contributed by atoms with Gasteiger partial charge in [0.2, 0.25) is 0 Å². The first-order chi connectivity index (χ1) is 11.1. The van der Waals surface area contributed by atoms with Crippen molar-refractivity contribution < 1.29 is 4.79 Å². The van der Waals surface area contributed by atoms with Gasteiger partial charge in [-0.15, -0.1) is 10.2 Å². The van der Waals surface area contributed by atoms with E-state index in [0.717, 1.165) is 38.3 Å². The zero-order chi connectivity index (χ0) is 16.4. The van der Waals surface area contributed by atoms with E-state index in [9.17, 15) is 4.79 Å². The summed E-state index contributed by atoms with van der Waals surface area (Å²) in [6.07, 6.45) is 5.51. The second kappa shape index (κ2) is 6.52. The summed E-state index contributed by atoms with van der Waals surface area (Å²) in [6.45, 7) is 8.60. The number of carbonyl (C=O) groups excluding carboxylic acids is 1. The van der Waals surface area contributed by atoms with Gasteiger partial charge in [0.15, 0.2) is 0 Å². The van der Waals surface area contributed by atoms with Crippen molar-refractivity contribution in [3.8, 4) is 0 Å². The Kier molecular flexibility index (Phi) is 4.45. The van der Waals surface area contributed by atoms with Crippen LogP contribution in [0.1, 0.15) is 49.5 Å². The molecule has 7 nitrogen and oxygen atoms in total. The van der Waals surface area contributed by atoms with Gasteiger partial charge < -0.3 is 9.47 Å². The van der Waals surface area contributed by atoms with Crippen LogP contribution < -0.4 is 0 Å². The van der Waals surface area contributed by atoms with E-state index in [2.05, 4.69) is 33.7 Å². The maximum absolute atomic E-state index is 12.5. The van der Waals surface area contributed by atoms with Crippen LogP contribution in [0.5, 0.6) is 0 Å². The molecule has 2 aromatic heterocycles. The molecule has 124 valence electrons. The normalized spacial score (nSPS) is 18.1. The fraction of sp³-hybridized carbons (Fsp3) is 0.625. The number of hydrogen-bond acceptors (Lipinski definition) is 4. The van der Waals surface area contributed by atoms with E-state index >= 15 is 0 Å². The van der Waals surface area contributed by atoms with Gasteiger partial charge in [-0.3, -0.25) is 9.48 Å². The van der Waals surface area contributed by atoms with E-state index < -0.39 is 0 Å². The minimum Gasteiger partial charge on any atom is -0.337 e. The van der Waals surface area contributed by atoms with Crippen molar-refractivity contribution in [3.05, 3.63) is 30.1 Å². The van der Waals surface area contributed by atoms with Crippen LogP contribution in [-0.4, -0.2) is 48.4 Å². The van der Waals surface area contributed by atoms with Crippen molar-refractivity contribution in [2.75, 3.05) is 13.1 Å². The fourth-order valence-electron chi connectivity index (χ4n) is 3.10. The zero-order valence-electron chi connectivity index (χ0n) is 14.0. The van der Waals surface area contributed by atoms with Gasteiger partial charge in [0.05, 0.1) is 0 Å². The van der Waals surface area contributed by atoms with E-state index in [0.29, 0.717) is 17.7 Å². The molecular weight excluding hydrogens is 292 g/mol. The molecule has 0 bridgehead atoms. The van der Waals surface area contributed by atoms with E-state index in [1.54, 1.807) is 17.1 Å². The van der Waals surface area contributed by atoms with E-state index in [1.807, 2.05) is 18.0 Å². The molecule has 0 radical (unpaired) electrons. The van der Waals surface area contributed by atoms with Crippen LogP contribution in [0.15, 0.2) is 18.6 Å². The molecule has 7 heteroatoms. The lowest BCUT2D eigenvalue weighted by Gasteiger charge is -2.16. The van der Waals surface area contributed by atoms with Gasteiger partial charge in [-0.2, -0.15) is 5.10 Å². The Balaban J connectivity index is 1.62. The Bertz CT molecular complexity index is 674. The van der Waals surface area contributed by atoms with E-state index in [-0.39, 0.29) is 5.91 Å². The first-order valence-electron chi connectivity index (χ1n) is 8.29. The highest BCUT2D eigenvalue weighted by atomic mass is 16.2. The Hall–Kier alpha value is -2.18. The summed E-state index contributed by atoms with van der Waals surface area (Å²) in [5.74, 6) is 1.48. The van der Waals surface area contributed by atoms with Crippen molar-refractivity contribution >= 4 is 5.91 Å². The standard InChI is InChI=1S/C16H24N6O/c1-4-21-8-6-14(19-21)16(23)20-7-5-13(10-20)9-15-18-17-11-22(15)12(2)3/h6,8,11-13H,4-5,7,9-10H2,1-3H3. The first kappa shape index (κ1) is 15.7. The largest absolute Gasteiger partial charge is 0.337 e. The SMILES string of the molecule is CCn1ccc(C(=O)N2CCC(Cc3nncn3C(C)C)C2)n1. The number of rotatable bonds is 5. The third-order valence-corrected chi connectivity index (χ3v) is 4.43. The Morgan fingerprint density at radius 2 is 2.26 bits per heavy atom. The summed E-state index contributed by atoms with van der Waals surface area (Å²) < 4.78 is 3.89. The second-order valence-electron chi connectivity index (χ2n) is 6.41. The molecule has 0 spiro atoms. The molecule has 0 aliphatic carbocycles. The van der Waals surface area contributed by atoms with Crippen molar-refractivity contribution in [2.24, 2.45) is 5.92 Å². The van der Waals surface area contributed by atoms with E-state index in [4.69, 9.17) is 0 Å². The molecule has 23 heavy (non-hydrogen) atoms. The molecule has 1 unspecified atom stereocenters. The van der Waals surface area contributed by atoms with Gasteiger partial charge in [0, 0.05) is 38.3 Å². The molecule has 3 heterocycles. The first-order valence-corrected chi connectivity index (χ1v) is 8.29. The fourth-order valence-corrected chi connectivity index (χ4v) is 3.10. The highest BCUT2D eigenvalue weighted by molar-refractivity contribution is 5.92. The lowest BCUT2D eigenvalue weighted by Crippen LogP contribution is -2.29. The predicted octanol–water partition coefficient (Wildman–Crippen LogP) is 1.78. The van der Waals surface area contributed by atoms with Gasteiger partial charge in [0.1, 0.15) is 17.8 Å². The summed E-state index contributed by atoms with van der Waals surface area (Å²) >= 11 is 0. The monoisotopic (exact) mass is 316 g/mol. The average molecular weight is 316 g/mol. The van der Waals surface area contributed by atoms with Crippen LogP contribution in [0.3, 0.4) is 0 Å². The molecular formula is C16H24N6O. The Morgan fingerprint density at radius 3 is 2.96 bits per heavy atom. The molecule has 0 N–H and O–H groups in total. The maximum atomic E-state index is 12.5. The van der Waals surface area contributed by atoms with Crippen LogP contribution in [0.2, 0.25) is 0 Å². The third kappa shape index (κ3) is 3.28. The molecule has 1 saturated heterocycles. The summed E-state index contributed by atoms with van der Waals surface area (Å²) in [5.41, 5.74) is 0.540. The molecule has 2 aromatic rings. The lowest BCUT2D eigenvalue weighted by molar-refractivity contribution is 0.0780. The maximum Gasteiger partial charge on any atom is 0.274 e. The van der Waals surface area contributed by atoms with Crippen molar-refractivity contribution in [2.45, 2.75) is 46.2 Å². The van der Waals surface area contributed by atoms with Gasteiger partial charge in [-0.1, -0.05) is 0 Å². The lowest BCUT2D eigenvalue weighted by atomic mass is 10.0. The number of nitrogens with zero attached hydrogens (tertiary/aromatic N) is 6. The van der Waals surface area contributed by atoms with Crippen LogP contribution in [-0.2, 0) is 13.0 Å². The summed E-state index contributed by atoms with van der Waals surface area (Å²) in [4.78, 5) is 14.4. The second-order valence-corrected chi connectivity index (χ2v) is 6.41. The van der Waals surface area contributed by atoms with Crippen LogP contribution in [0.25, 0.3) is 0 Å². The van der Waals surface area contributed by atoms with Gasteiger partial charge in [0.25, 0.3) is 5.91 Å². The number of amides is 1. The topological polar surface area (TPSA) is 68.8 Å².